The molecule has 1 aromatic rings. The van der Waals surface area contributed by atoms with E-state index in [0.717, 1.165) is 5.56 Å². The van der Waals surface area contributed by atoms with E-state index in [2.05, 4.69) is 0 Å². The van der Waals surface area contributed by atoms with Crippen LogP contribution in [0, 0.1) is 5.82 Å². The van der Waals surface area contributed by atoms with E-state index in [0.29, 0.717) is 6.42 Å². The first-order valence-corrected chi connectivity index (χ1v) is 4.66. The van der Waals surface area contributed by atoms with Crippen molar-refractivity contribution in [3.05, 3.63) is 35.6 Å². The molecule has 0 saturated heterocycles. The number of benzene rings is 1. The maximum atomic E-state index is 12.8. The molecule has 1 rings (SSSR count). The van der Waals surface area contributed by atoms with Crippen LogP contribution >= 0.6 is 0 Å². The Morgan fingerprint density at radius 2 is 2.21 bits per heavy atom. The highest BCUT2D eigenvalue weighted by Crippen LogP contribution is 2.08. The summed E-state index contributed by atoms with van der Waals surface area (Å²) in [5, 5.41) is 0. The summed E-state index contributed by atoms with van der Waals surface area (Å²) < 4.78 is 17.9. The molecule has 2 atom stereocenters. The van der Waals surface area contributed by atoms with E-state index in [1.807, 2.05) is 13.0 Å². The molecule has 0 spiro atoms. The van der Waals surface area contributed by atoms with Crippen molar-refractivity contribution in [2.75, 3.05) is 7.11 Å². The molecule has 14 heavy (non-hydrogen) atoms. The molecule has 1 aromatic carbocycles. The van der Waals surface area contributed by atoms with Crippen LogP contribution in [0.2, 0.25) is 0 Å². The number of ether oxygens (including phenoxy) is 1. The Labute approximate surface area is 83.9 Å². The lowest BCUT2D eigenvalue weighted by Gasteiger charge is -2.18. The van der Waals surface area contributed by atoms with E-state index >= 15 is 0 Å². The standard InChI is InChI=1S/C11H16FNO/c1-8(14-2)11(13)7-9-4-3-5-10(12)6-9/h3-6,8,11H,7,13H2,1-2H3. The van der Waals surface area contributed by atoms with Crippen molar-refractivity contribution in [1.82, 2.24) is 0 Å². The molecular formula is C11H16FNO. The molecule has 78 valence electrons. The zero-order valence-corrected chi connectivity index (χ0v) is 8.53. The molecule has 2 N–H and O–H groups in total. The van der Waals surface area contributed by atoms with E-state index in [1.165, 1.54) is 12.1 Å². The molecule has 0 aliphatic carbocycles. The van der Waals surface area contributed by atoms with Crippen molar-refractivity contribution >= 4 is 0 Å². The lowest BCUT2D eigenvalue weighted by molar-refractivity contribution is 0.0955. The average Bonchev–Trinajstić information content (AvgIpc) is 2.16. The van der Waals surface area contributed by atoms with E-state index in [4.69, 9.17) is 10.5 Å². The Bertz CT molecular complexity index is 290. The minimum atomic E-state index is -0.222. The predicted molar refractivity (Wildman–Crippen MR) is 54.6 cm³/mol. The molecule has 3 heteroatoms. The monoisotopic (exact) mass is 197 g/mol. The van der Waals surface area contributed by atoms with Crippen LogP contribution in [-0.2, 0) is 11.2 Å². The van der Waals surface area contributed by atoms with Crippen LogP contribution in [-0.4, -0.2) is 19.3 Å². The average molecular weight is 197 g/mol. The molecule has 0 saturated carbocycles. The number of halogens is 1. The molecule has 0 bridgehead atoms. The molecule has 0 amide bonds. The fourth-order valence-corrected chi connectivity index (χ4v) is 1.28. The molecule has 0 fully saturated rings. The third-order valence-electron chi connectivity index (χ3n) is 2.34. The summed E-state index contributed by atoms with van der Waals surface area (Å²) in [7, 11) is 1.62. The van der Waals surface area contributed by atoms with Gasteiger partial charge in [0.15, 0.2) is 0 Å². The van der Waals surface area contributed by atoms with Crippen molar-refractivity contribution in [2.24, 2.45) is 5.73 Å². The first-order chi connectivity index (χ1) is 6.63. The zero-order chi connectivity index (χ0) is 10.6. The van der Waals surface area contributed by atoms with Gasteiger partial charge in [0.1, 0.15) is 5.82 Å². The third kappa shape index (κ3) is 3.09. The molecule has 0 aliphatic rings. The van der Waals surface area contributed by atoms with Crippen LogP contribution in [0.15, 0.2) is 24.3 Å². The third-order valence-corrected chi connectivity index (χ3v) is 2.34. The Balaban J connectivity index is 2.60. The number of hydrogen-bond donors (Lipinski definition) is 1. The summed E-state index contributed by atoms with van der Waals surface area (Å²) in [6.45, 7) is 1.91. The summed E-state index contributed by atoms with van der Waals surface area (Å²) in [5.74, 6) is -0.222. The Morgan fingerprint density at radius 1 is 1.50 bits per heavy atom. The second-order valence-corrected chi connectivity index (χ2v) is 3.44. The van der Waals surface area contributed by atoms with Gasteiger partial charge in [-0.2, -0.15) is 0 Å². The van der Waals surface area contributed by atoms with Gasteiger partial charge in [0.05, 0.1) is 6.10 Å². The highest BCUT2D eigenvalue weighted by atomic mass is 19.1. The SMILES string of the molecule is COC(C)C(N)Cc1cccc(F)c1. The molecule has 0 aromatic heterocycles. The topological polar surface area (TPSA) is 35.2 Å². The highest BCUT2D eigenvalue weighted by Gasteiger charge is 2.12. The number of nitrogens with two attached hydrogens (primary N) is 1. The Morgan fingerprint density at radius 3 is 2.79 bits per heavy atom. The van der Waals surface area contributed by atoms with Crippen LogP contribution in [0.25, 0.3) is 0 Å². The summed E-state index contributed by atoms with van der Waals surface area (Å²) in [6, 6.07) is 6.39. The Hall–Kier alpha value is -0.930. The molecule has 0 aliphatic heterocycles. The summed E-state index contributed by atoms with van der Waals surface area (Å²) >= 11 is 0. The largest absolute Gasteiger partial charge is 0.380 e. The normalized spacial score (nSPS) is 15.1. The van der Waals surface area contributed by atoms with Gasteiger partial charge >= 0.3 is 0 Å². The lowest BCUT2D eigenvalue weighted by Crippen LogP contribution is -2.35. The van der Waals surface area contributed by atoms with Crippen LogP contribution in [0.3, 0.4) is 0 Å². The van der Waals surface area contributed by atoms with Gasteiger partial charge in [0.2, 0.25) is 0 Å². The van der Waals surface area contributed by atoms with E-state index in [9.17, 15) is 4.39 Å². The van der Waals surface area contributed by atoms with Gasteiger partial charge in [-0.3, -0.25) is 0 Å². The molecular weight excluding hydrogens is 181 g/mol. The fraction of sp³-hybridized carbons (Fsp3) is 0.455. The van der Waals surface area contributed by atoms with E-state index in [1.54, 1.807) is 13.2 Å². The van der Waals surface area contributed by atoms with Gasteiger partial charge < -0.3 is 10.5 Å². The van der Waals surface area contributed by atoms with Crippen LogP contribution in [0.4, 0.5) is 4.39 Å². The zero-order valence-electron chi connectivity index (χ0n) is 8.53. The minimum Gasteiger partial charge on any atom is -0.380 e. The van der Waals surface area contributed by atoms with Gasteiger partial charge in [-0.1, -0.05) is 12.1 Å². The molecule has 0 heterocycles. The van der Waals surface area contributed by atoms with E-state index in [-0.39, 0.29) is 18.0 Å². The van der Waals surface area contributed by atoms with Gasteiger partial charge in [-0.05, 0) is 31.0 Å². The summed E-state index contributed by atoms with van der Waals surface area (Å²) in [4.78, 5) is 0. The Kier molecular flexibility index (Phi) is 4.04. The first kappa shape index (κ1) is 11.1. The number of hydrogen-bond acceptors (Lipinski definition) is 2. The van der Waals surface area contributed by atoms with Crippen molar-refractivity contribution < 1.29 is 9.13 Å². The number of rotatable bonds is 4. The maximum absolute atomic E-state index is 12.8. The van der Waals surface area contributed by atoms with Crippen LogP contribution in [0.1, 0.15) is 12.5 Å². The highest BCUT2D eigenvalue weighted by molar-refractivity contribution is 5.17. The lowest BCUT2D eigenvalue weighted by atomic mass is 10.0. The van der Waals surface area contributed by atoms with Crippen molar-refractivity contribution in [2.45, 2.75) is 25.5 Å². The quantitative estimate of drug-likeness (QED) is 0.797. The summed E-state index contributed by atoms with van der Waals surface area (Å²) in [5.41, 5.74) is 6.77. The second-order valence-electron chi connectivity index (χ2n) is 3.44. The first-order valence-electron chi connectivity index (χ1n) is 4.66. The summed E-state index contributed by atoms with van der Waals surface area (Å²) in [6.07, 6.45) is 0.616. The van der Waals surface area contributed by atoms with E-state index < -0.39 is 0 Å². The van der Waals surface area contributed by atoms with Crippen LogP contribution < -0.4 is 5.73 Å². The fourth-order valence-electron chi connectivity index (χ4n) is 1.28. The van der Waals surface area contributed by atoms with Crippen molar-refractivity contribution in [3.8, 4) is 0 Å². The second kappa shape index (κ2) is 5.08. The van der Waals surface area contributed by atoms with Crippen molar-refractivity contribution in [1.29, 1.82) is 0 Å². The van der Waals surface area contributed by atoms with Gasteiger partial charge in [-0.15, -0.1) is 0 Å². The van der Waals surface area contributed by atoms with Gasteiger partial charge in [0.25, 0.3) is 0 Å². The molecule has 0 radical (unpaired) electrons. The van der Waals surface area contributed by atoms with Gasteiger partial charge in [-0.25, -0.2) is 4.39 Å². The van der Waals surface area contributed by atoms with Crippen molar-refractivity contribution in [3.63, 3.8) is 0 Å². The van der Waals surface area contributed by atoms with Crippen LogP contribution in [0.5, 0.6) is 0 Å². The smallest absolute Gasteiger partial charge is 0.123 e. The minimum absolute atomic E-state index is 0.0155. The molecule has 2 unspecified atom stereocenters. The predicted octanol–water partition coefficient (Wildman–Crippen LogP) is 1.73. The maximum Gasteiger partial charge on any atom is 0.123 e. The molecule has 2 nitrogen and oxygen atoms in total. The van der Waals surface area contributed by atoms with Gasteiger partial charge in [0, 0.05) is 13.2 Å². The number of methoxy groups -OCH3 is 1.